The van der Waals surface area contributed by atoms with Gasteiger partial charge in [-0.1, -0.05) is 68.4 Å². The highest BCUT2D eigenvalue weighted by Crippen LogP contribution is 2.49. The first-order chi connectivity index (χ1) is 32.0. The Morgan fingerprint density at radius 2 is 1.58 bits per heavy atom. The number of carbonyl (C=O) groups is 6. The van der Waals surface area contributed by atoms with Crippen molar-refractivity contribution in [2.24, 2.45) is 23.5 Å². The minimum atomic E-state index is -4.94. The summed E-state index contributed by atoms with van der Waals surface area (Å²) in [6.07, 6.45) is 1.62. The normalized spacial score (nSPS) is 14.4. The molecule has 10 N–H and O–H groups in total. The molecule has 0 unspecified atom stereocenters. The Labute approximate surface area is 391 Å². The Bertz CT molecular complexity index is 2690. The Kier molecular flexibility index (Phi) is 16.9. The summed E-state index contributed by atoms with van der Waals surface area (Å²) in [4.78, 5) is 106. The van der Waals surface area contributed by atoms with Gasteiger partial charge in [0.1, 0.15) is 18.1 Å². The lowest BCUT2D eigenvalue weighted by atomic mass is 9.89. The van der Waals surface area contributed by atoms with Crippen molar-refractivity contribution in [3.63, 3.8) is 0 Å². The molecule has 3 atom stereocenters. The van der Waals surface area contributed by atoms with E-state index >= 15 is 0 Å². The molecular weight excluding hydrogens is 905 g/mol. The lowest BCUT2D eigenvalue weighted by Crippen LogP contribution is -2.46. The summed E-state index contributed by atoms with van der Waals surface area (Å²) in [7, 11) is -4.94. The van der Waals surface area contributed by atoms with Crippen molar-refractivity contribution >= 4 is 82.1 Å². The number of halogens is 1. The van der Waals surface area contributed by atoms with Crippen LogP contribution in [0.3, 0.4) is 0 Å². The average Bonchev–Trinajstić information content (AvgIpc) is 3.88. The maximum atomic E-state index is 14.1. The van der Waals surface area contributed by atoms with Crippen LogP contribution >= 0.6 is 19.4 Å². The first kappa shape index (κ1) is 50.3. The molecule has 1 aliphatic heterocycles. The highest BCUT2D eigenvalue weighted by atomic mass is 35.5. The van der Waals surface area contributed by atoms with Gasteiger partial charge in [0, 0.05) is 78.1 Å². The van der Waals surface area contributed by atoms with E-state index in [0.717, 1.165) is 5.56 Å². The molecule has 4 aromatic carbocycles. The third-order valence-electron chi connectivity index (χ3n) is 11.8. The number of nitrogens with two attached hydrogens (primary N) is 2. The highest BCUT2D eigenvalue weighted by molar-refractivity contribution is 7.46. The van der Waals surface area contributed by atoms with E-state index < -0.39 is 25.8 Å². The Balaban J connectivity index is 1.11. The van der Waals surface area contributed by atoms with Crippen molar-refractivity contribution in [2.75, 3.05) is 37.0 Å². The lowest BCUT2D eigenvalue weighted by molar-refractivity contribution is -0.131. The maximum Gasteiger partial charge on any atom is 0.524 e. The number of H-pyrrole nitrogens is 1. The van der Waals surface area contributed by atoms with Gasteiger partial charge >= 0.3 is 13.9 Å². The fourth-order valence-electron chi connectivity index (χ4n) is 8.46. The number of amides is 5. The van der Waals surface area contributed by atoms with Crippen molar-refractivity contribution in [1.82, 2.24) is 20.9 Å². The molecule has 5 amide bonds. The number of rotatable bonds is 23. The monoisotopic (exact) mass is 959 g/mol. The van der Waals surface area contributed by atoms with E-state index in [2.05, 4.69) is 25.8 Å². The van der Waals surface area contributed by atoms with Crippen LogP contribution in [0.4, 0.5) is 10.5 Å². The molecule has 67 heavy (non-hydrogen) atoms. The molecule has 6 rings (SSSR count). The molecule has 18 nitrogen and oxygen atoms in total. The van der Waals surface area contributed by atoms with Crippen molar-refractivity contribution in [3.8, 4) is 5.75 Å². The fourth-order valence-corrected chi connectivity index (χ4v) is 9.12. The van der Waals surface area contributed by atoms with E-state index in [1.165, 1.54) is 11.0 Å². The van der Waals surface area contributed by atoms with E-state index in [9.17, 15) is 43.1 Å². The van der Waals surface area contributed by atoms with E-state index in [1.54, 1.807) is 66.7 Å². The largest absolute Gasteiger partial charge is 0.524 e. The summed E-state index contributed by atoms with van der Waals surface area (Å²) in [5, 5.41) is 9.93. The topological polar surface area (TPSA) is 286 Å². The number of fused-ring (bicyclic) bond motifs is 4. The Morgan fingerprint density at radius 3 is 2.25 bits per heavy atom. The van der Waals surface area contributed by atoms with Crippen LogP contribution in [0.15, 0.2) is 78.9 Å². The SMILES string of the molecule is CC(C)[C@H](CCCNC(=O)CON)C(=O)N[C@@H](CCCNC(N)=O)C(=O)Cc1ccc(C(=O)Cc2ccc3[nH]c(C(=O)N4C[C@@H](CCl)c5c4cc(OP(=O)(O)O)c4ccccc54)cc3c2)cc1. The molecule has 0 aliphatic carbocycles. The number of nitrogens with zero attached hydrogens (tertiary/aromatic N) is 1. The number of primary amides is 1. The van der Waals surface area contributed by atoms with Crippen molar-refractivity contribution < 1.29 is 52.5 Å². The Morgan fingerprint density at radius 1 is 0.896 bits per heavy atom. The standard InChI is InChI=1S/C47H55ClN7O11P/c1-27(2)33(9-5-17-51-43(58)26-65-50)45(59)54-37(10-6-18-52-47(49)61)41(57)20-28-11-14-30(15-12-28)40(56)21-29-13-16-36-31(19-29)22-38(53-36)46(60)55-25-32(24-48)44-35-8-4-3-7-34(35)42(23-39(44)55)66-67(62,63)64/h3-4,7-8,11-16,19,22-23,27,32-33,37,53H,5-6,9-10,17-18,20-21,24-26,50H2,1-2H3,(H,51,58)(H,54,59)(H3,49,52,61)(H2,62,63,64)/t32-,33+,37+/m1/s1. The molecule has 2 heterocycles. The van der Waals surface area contributed by atoms with Gasteiger partial charge < -0.3 is 36.1 Å². The third-order valence-corrected chi connectivity index (χ3v) is 12.6. The number of ketones is 2. The second-order valence-corrected chi connectivity index (χ2v) is 18.4. The molecule has 0 spiro atoms. The molecule has 0 bridgehead atoms. The number of benzene rings is 4. The second kappa shape index (κ2) is 22.6. The molecule has 0 fully saturated rings. The van der Waals surface area contributed by atoms with Crippen LogP contribution in [0, 0.1) is 11.8 Å². The smallest absolute Gasteiger partial charge is 0.404 e. The maximum absolute atomic E-state index is 14.1. The number of carbonyl (C=O) groups excluding carboxylic acids is 6. The first-order valence-electron chi connectivity index (χ1n) is 21.8. The number of urea groups is 1. The van der Waals surface area contributed by atoms with Crippen molar-refractivity contribution in [3.05, 3.63) is 107 Å². The van der Waals surface area contributed by atoms with Gasteiger partial charge in [0.2, 0.25) is 11.8 Å². The molecule has 0 radical (unpaired) electrons. The second-order valence-electron chi connectivity index (χ2n) is 16.9. The summed E-state index contributed by atoms with van der Waals surface area (Å²) in [5.74, 6) is 2.84. The number of aromatic amines is 1. The summed E-state index contributed by atoms with van der Waals surface area (Å²) >= 11 is 6.41. The summed E-state index contributed by atoms with van der Waals surface area (Å²) in [5.41, 5.74) is 9.09. The van der Waals surface area contributed by atoms with E-state index in [1.807, 2.05) is 19.9 Å². The van der Waals surface area contributed by atoms with Crippen molar-refractivity contribution in [1.29, 1.82) is 0 Å². The quantitative estimate of drug-likeness (QED) is 0.0136. The van der Waals surface area contributed by atoms with Crippen LogP contribution in [0.5, 0.6) is 5.75 Å². The van der Waals surface area contributed by atoms with Crippen LogP contribution in [-0.2, 0) is 36.6 Å². The fraction of sp³-hybridized carbons (Fsp3) is 0.362. The van der Waals surface area contributed by atoms with Gasteiger partial charge in [0.05, 0.1) is 11.7 Å². The number of aromatic nitrogens is 1. The predicted molar refractivity (Wildman–Crippen MR) is 253 cm³/mol. The van der Waals surface area contributed by atoms with Crippen LogP contribution in [0.2, 0.25) is 0 Å². The van der Waals surface area contributed by atoms with Gasteiger partial charge in [0.15, 0.2) is 11.6 Å². The number of alkyl halides is 1. The minimum Gasteiger partial charge on any atom is -0.404 e. The van der Waals surface area contributed by atoms with E-state index in [-0.39, 0.29) is 97.4 Å². The number of hydrogen-bond acceptors (Lipinski definition) is 10. The van der Waals surface area contributed by atoms with Gasteiger partial charge in [-0.2, -0.15) is 0 Å². The average molecular weight is 960 g/mol. The summed E-state index contributed by atoms with van der Waals surface area (Å²) in [6.45, 7) is 4.30. The molecule has 1 aliphatic rings. The molecule has 5 aromatic rings. The molecular formula is C47H55ClN7O11P. The zero-order chi connectivity index (χ0) is 48.4. The van der Waals surface area contributed by atoms with Crippen LogP contribution in [0.1, 0.15) is 83.0 Å². The number of phosphoric ester groups is 1. The van der Waals surface area contributed by atoms with E-state index in [0.29, 0.717) is 69.9 Å². The summed E-state index contributed by atoms with van der Waals surface area (Å²) in [6, 6.07) is 20.7. The van der Waals surface area contributed by atoms with Gasteiger partial charge in [-0.25, -0.2) is 15.3 Å². The van der Waals surface area contributed by atoms with Crippen LogP contribution < -0.4 is 37.0 Å². The predicted octanol–water partition coefficient (Wildman–Crippen LogP) is 5.30. The van der Waals surface area contributed by atoms with Gasteiger partial charge in [-0.05, 0) is 71.9 Å². The van der Waals surface area contributed by atoms with Crippen LogP contribution in [-0.4, -0.2) is 88.3 Å². The number of phosphoric acid groups is 1. The number of hydrogen-bond donors (Lipinski definition) is 8. The highest BCUT2D eigenvalue weighted by Gasteiger charge is 2.36. The molecule has 356 valence electrons. The molecule has 20 heteroatoms. The first-order valence-corrected chi connectivity index (χ1v) is 23.9. The minimum absolute atomic E-state index is 0.0239. The molecule has 1 aromatic heterocycles. The van der Waals surface area contributed by atoms with E-state index in [4.69, 9.17) is 27.8 Å². The van der Waals surface area contributed by atoms with Gasteiger partial charge in [-0.15, -0.1) is 11.6 Å². The van der Waals surface area contributed by atoms with Crippen molar-refractivity contribution in [2.45, 2.75) is 64.3 Å². The lowest BCUT2D eigenvalue weighted by Gasteiger charge is -2.24. The number of nitrogens with one attached hydrogen (secondary N) is 4. The van der Waals surface area contributed by atoms with Crippen LogP contribution in [0.25, 0.3) is 21.7 Å². The molecule has 0 saturated carbocycles. The number of anilines is 1. The van der Waals surface area contributed by atoms with Gasteiger partial charge in [-0.3, -0.25) is 38.6 Å². The molecule has 0 saturated heterocycles. The zero-order valence-corrected chi connectivity index (χ0v) is 38.7. The summed E-state index contributed by atoms with van der Waals surface area (Å²) < 4.78 is 17.0. The number of Topliss-reactive ketones (excluding diaryl/α,β-unsaturated/α-hetero) is 2. The van der Waals surface area contributed by atoms with Gasteiger partial charge in [0.25, 0.3) is 5.91 Å². The third kappa shape index (κ3) is 13.1. The zero-order valence-electron chi connectivity index (χ0n) is 37.1. The Hall–Kier alpha value is -6.14.